The standard InChI is InChI=1S/C67H45N/c1-3-21-46(22-4-1)51-25-7-8-26-52(51)48-39-41-49(42-40-48)68(66-38-20-16-34-60(66)56-30-12-11-29-55(56)54-28-10-9-27-53(54)47-23-5-2-6-24-47)50-43-44-65-61(45-50)59-33-15-19-37-64(59)67(65)62-35-17-13-31-57(62)58-32-14-18-36-63(58)67/h1-45H. The molecule has 13 rings (SSSR count). The van der Waals surface area contributed by atoms with Crippen molar-refractivity contribution in [3.63, 3.8) is 0 Å². The predicted octanol–water partition coefficient (Wildman–Crippen LogP) is 17.8. The van der Waals surface area contributed by atoms with Crippen LogP contribution in [0.2, 0.25) is 0 Å². The Morgan fingerprint density at radius 3 is 1.04 bits per heavy atom. The van der Waals surface area contributed by atoms with E-state index in [9.17, 15) is 0 Å². The van der Waals surface area contributed by atoms with Crippen LogP contribution in [0.3, 0.4) is 0 Å². The fourth-order valence-electron chi connectivity index (χ4n) is 11.5. The van der Waals surface area contributed by atoms with Crippen molar-refractivity contribution in [1.29, 1.82) is 0 Å². The molecule has 11 aromatic carbocycles. The monoisotopic (exact) mass is 863 g/mol. The topological polar surface area (TPSA) is 3.24 Å². The van der Waals surface area contributed by atoms with Crippen molar-refractivity contribution in [2.75, 3.05) is 4.90 Å². The SMILES string of the molecule is c1ccc(-c2ccccc2-c2ccc(N(c3ccc4c(c3)-c3ccccc3C43c4ccccc4-c4ccccc43)c3ccccc3-c3ccccc3-c3ccccc3-c3ccccc3)cc2)cc1. The zero-order chi connectivity index (χ0) is 45.0. The van der Waals surface area contributed by atoms with Gasteiger partial charge in [-0.1, -0.05) is 243 Å². The van der Waals surface area contributed by atoms with Crippen LogP contribution in [0.25, 0.3) is 77.9 Å². The number of para-hydroxylation sites is 1. The minimum atomic E-state index is -0.417. The van der Waals surface area contributed by atoms with Gasteiger partial charge in [0.15, 0.2) is 0 Å². The van der Waals surface area contributed by atoms with Gasteiger partial charge in [-0.25, -0.2) is 0 Å². The van der Waals surface area contributed by atoms with E-state index < -0.39 is 5.41 Å². The van der Waals surface area contributed by atoms with Crippen LogP contribution in [-0.4, -0.2) is 0 Å². The maximum absolute atomic E-state index is 2.48. The lowest BCUT2D eigenvalue weighted by molar-refractivity contribution is 0.794. The third-order valence-corrected chi connectivity index (χ3v) is 14.4. The quantitative estimate of drug-likeness (QED) is 0.147. The van der Waals surface area contributed by atoms with E-state index in [4.69, 9.17) is 0 Å². The van der Waals surface area contributed by atoms with Gasteiger partial charge in [0.25, 0.3) is 0 Å². The molecular formula is C67H45N. The minimum absolute atomic E-state index is 0.417. The van der Waals surface area contributed by atoms with Gasteiger partial charge in [0.2, 0.25) is 0 Å². The van der Waals surface area contributed by atoms with Gasteiger partial charge >= 0.3 is 0 Å². The molecule has 2 aliphatic carbocycles. The van der Waals surface area contributed by atoms with E-state index in [-0.39, 0.29) is 0 Å². The maximum Gasteiger partial charge on any atom is 0.0725 e. The van der Waals surface area contributed by atoms with Gasteiger partial charge < -0.3 is 4.90 Å². The van der Waals surface area contributed by atoms with E-state index >= 15 is 0 Å². The van der Waals surface area contributed by atoms with Crippen molar-refractivity contribution in [3.8, 4) is 77.9 Å². The Morgan fingerprint density at radius 1 is 0.206 bits per heavy atom. The zero-order valence-corrected chi connectivity index (χ0v) is 37.4. The highest BCUT2D eigenvalue weighted by atomic mass is 15.1. The van der Waals surface area contributed by atoms with E-state index in [1.54, 1.807) is 0 Å². The van der Waals surface area contributed by atoms with E-state index in [0.717, 1.165) is 22.6 Å². The van der Waals surface area contributed by atoms with Crippen LogP contribution in [0.5, 0.6) is 0 Å². The smallest absolute Gasteiger partial charge is 0.0725 e. The third-order valence-electron chi connectivity index (χ3n) is 14.4. The van der Waals surface area contributed by atoms with E-state index in [1.807, 2.05) is 0 Å². The first-order chi connectivity index (χ1) is 33.8. The van der Waals surface area contributed by atoms with Crippen LogP contribution in [0.4, 0.5) is 17.1 Å². The first-order valence-corrected chi connectivity index (χ1v) is 23.6. The Balaban J connectivity index is 1.02. The van der Waals surface area contributed by atoms with Crippen LogP contribution < -0.4 is 4.90 Å². The van der Waals surface area contributed by atoms with Crippen molar-refractivity contribution < 1.29 is 0 Å². The lowest BCUT2D eigenvalue weighted by Gasteiger charge is -2.32. The molecule has 2 aliphatic rings. The number of benzene rings is 11. The van der Waals surface area contributed by atoms with Gasteiger partial charge in [-0.05, 0) is 125 Å². The average molecular weight is 864 g/mol. The first-order valence-electron chi connectivity index (χ1n) is 23.6. The molecule has 0 heterocycles. The van der Waals surface area contributed by atoms with Crippen LogP contribution >= 0.6 is 0 Å². The summed E-state index contributed by atoms with van der Waals surface area (Å²) < 4.78 is 0. The Morgan fingerprint density at radius 2 is 0.529 bits per heavy atom. The molecule has 0 saturated heterocycles. The summed E-state index contributed by atoms with van der Waals surface area (Å²) in [6.45, 7) is 0. The van der Waals surface area contributed by atoms with Crippen molar-refractivity contribution >= 4 is 17.1 Å². The summed E-state index contributed by atoms with van der Waals surface area (Å²) in [4.78, 5) is 2.48. The van der Waals surface area contributed by atoms with E-state index in [1.165, 1.54) is 94.6 Å². The number of fused-ring (bicyclic) bond motifs is 10. The van der Waals surface area contributed by atoms with Crippen LogP contribution in [-0.2, 0) is 5.41 Å². The van der Waals surface area contributed by atoms with Crippen molar-refractivity contribution in [2.24, 2.45) is 0 Å². The van der Waals surface area contributed by atoms with Crippen molar-refractivity contribution in [1.82, 2.24) is 0 Å². The molecule has 1 nitrogen and oxygen atoms in total. The second-order valence-corrected chi connectivity index (χ2v) is 17.9. The van der Waals surface area contributed by atoms with Gasteiger partial charge in [0.1, 0.15) is 0 Å². The molecule has 0 unspecified atom stereocenters. The Labute approximate surface area is 398 Å². The van der Waals surface area contributed by atoms with Crippen LogP contribution in [0.1, 0.15) is 22.3 Å². The van der Waals surface area contributed by atoms with Crippen molar-refractivity contribution in [2.45, 2.75) is 5.41 Å². The van der Waals surface area contributed by atoms with Gasteiger partial charge in [-0.3, -0.25) is 0 Å². The molecule has 11 aromatic rings. The summed E-state index contributed by atoms with van der Waals surface area (Å²) in [6.07, 6.45) is 0. The fraction of sp³-hybridized carbons (Fsp3) is 0.0149. The third kappa shape index (κ3) is 6.17. The molecule has 0 aromatic heterocycles. The first kappa shape index (κ1) is 39.6. The highest BCUT2D eigenvalue weighted by Gasteiger charge is 2.51. The van der Waals surface area contributed by atoms with Crippen LogP contribution in [0, 0.1) is 0 Å². The number of nitrogens with zero attached hydrogens (tertiary/aromatic N) is 1. The van der Waals surface area contributed by atoms with Crippen LogP contribution in [0.15, 0.2) is 273 Å². The Hall–Kier alpha value is -8.78. The summed E-state index contributed by atoms with van der Waals surface area (Å²) in [5.41, 5.74) is 25.3. The van der Waals surface area contributed by atoms with Gasteiger partial charge in [-0.2, -0.15) is 0 Å². The molecule has 0 fully saturated rings. The normalized spacial score (nSPS) is 12.5. The molecule has 0 N–H and O–H groups in total. The largest absolute Gasteiger partial charge is 0.310 e. The van der Waals surface area contributed by atoms with E-state index in [0.29, 0.717) is 0 Å². The molecule has 0 amide bonds. The molecule has 0 radical (unpaired) electrons. The Bertz CT molecular complexity index is 3630. The summed E-state index contributed by atoms with van der Waals surface area (Å²) in [6, 6.07) is 100. The number of hydrogen-bond acceptors (Lipinski definition) is 1. The molecule has 68 heavy (non-hydrogen) atoms. The lowest BCUT2D eigenvalue weighted by Crippen LogP contribution is -2.25. The number of hydrogen-bond donors (Lipinski definition) is 0. The highest BCUT2D eigenvalue weighted by Crippen LogP contribution is 2.63. The average Bonchev–Trinajstić information content (AvgIpc) is 3.89. The summed E-state index contributed by atoms with van der Waals surface area (Å²) in [7, 11) is 0. The molecule has 318 valence electrons. The molecule has 1 spiro atoms. The summed E-state index contributed by atoms with van der Waals surface area (Å²) in [5.74, 6) is 0. The molecule has 0 aliphatic heterocycles. The summed E-state index contributed by atoms with van der Waals surface area (Å²) >= 11 is 0. The molecular weight excluding hydrogens is 819 g/mol. The molecule has 0 bridgehead atoms. The predicted molar refractivity (Wildman–Crippen MR) is 285 cm³/mol. The number of rotatable bonds is 8. The fourth-order valence-corrected chi connectivity index (χ4v) is 11.5. The van der Waals surface area contributed by atoms with Gasteiger partial charge in [0.05, 0.1) is 11.1 Å². The summed E-state index contributed by atoms with van der Waals surface area (Å²) in [5, 5.41) is 0. The number of anilines is 3. The second-order valence-electron chi connectivity index (χ2n) is 17.9. The van der Waals surface area contributed by atoms with Gasteiger partial charge in [0, 0.05) is 16.9 Å². The highest BCUT2D eigenvalue weighted by molar-refractivity contribution is 6.00. The van der Waals surface area contributed by atoms with Crippen molar-refractivity contribution in [3.05, 3.63) is 295 Å². The maximum atomic E-state index is 2.48. The lowest BCUT2D eigenvalue weighted by atomic mass is 9.70. The molecule has 0 saturated carbocycles. The van der Waals surface area contributed by atoms with E-state index in [2.05, 4.69) is 278 Å². The minimum Gasteiger partial charge on any atom is -0.310 e. The zero-order valence-electron chi connectivity index (χ0n) is 37.4. The Kier molecular flexibility index (Phi) is 9.47. The van der Waals surface area contributed by atoms with Gasteiger partial charge in [-0.15, -0.1) is 0 Å². The molecule has 1 heteroatoms. The molecule has 0 atom stereocenters. The second kappa shape index (κ2) is 16.3.